The second-order valence-corrected chi connectivity index (χ2v) is 6.97. The molecule has 0 fully saturated rings. The van der Waals surface area contributed by atoms with Crippen LogP contribution < -0.4 is 10.5 Å². The van der Waals surface area contributed by atoms with Crippen LogP contribution in [0, 0.1) is 20.8 Å². The molecule has 0 spiro atoms. The second-order valence-electron chi connectivity index (χ2n) is 5.27. The molecule has 0 saturated carbocycles. The van der Waals surface area contributed by atoms with Crippen molar-refractivity contribution >= 4 is 15.7 Å². The van der Waals surface area contributed by atoms with Gasteiger partial charge in [0.05, 0.1) is 18.1 Å². The van der Waals surface area contributed by atoms with Gasteiger partial charge in [-0.15, -0.1) is 0 Å². The molecule has 21 heavy (non-hydrogen) atoms. The van der Waals surface area contributed by atoms with Crippen LogP contribution in [0.5, 0.6) is 0 Å². The maximum Gasteiger partial charge on any atom is 0.241 e. The lowest BCUT2D eigenvalue weighted by molar-refractivity contribution is 0.162. The molecule has 3 N–H and O–H groups in total. The van der Waals surface area contributed by atoms with Crippen molar-refractivity contribution in [1.29, 1.82) is 0 Å². The molecule has 0 unspecified atom stereocenters. The van der Waals surface area contributed by atoms with E-state index in [1.165, 1.54) is 0 Å². The van der Waals surface area contributed by atoms with Gasteiger partial charge in [0.1, 0.15) is 0 Å². The van der Waals surface area contributed by atoms with Crippen LogP contribution in [0.3, 0.4) is 0 Å². The Morgan fingerprint density at radius 2 is 1.95 bits per heavy atom. The summed E-state index contributed by atoms with van der Waals surface area (Å²) in [4.78, 5) is 0.264. The summed E-state index contributed by atoms with van der Waals surface area (Å²) in [5, 5.41) is 0. The SMILES string of the molecule is C=C(C)COCCNS(=O)(=O)c1c(C)c(C)cc(N)c1C. The third-order valence-corrected chi connectivity index (χ3v) is 4.97. The van der Waals surface area contributed by atoms with Gasteiger partial charge in [0.25, 0.3) is 0 Å². The standard InChI is InChI=1S/C15H24N2O3S/c1-10(2)9-20-7-6-17-21(18,19)15-12(4)11(3)8-14(16)13(15)5/h8,17H,1,6-7,9,16H2,2-5H3. The summed E-state index contributed by atoms with van der Waals surface area (Å²) in [5.74, 6) is 0. The monoisotopic (exact) mass is 312 g/mol. The summed E-state index contributed by atoms with van der Waals surface area (Å²) < 4.78 is 32.7. The second kappa shape index (κ2) is 7.06. The zero-order valence-corrected chi connectivity index (χ0v) is 13.9. The smallest absolute Gasteiger partial charge is 0.241 e. The van der Waals surface area contributed by atoms with Crippen molar-refractivity contribution in [2.24, 2.45) is 0 Å². The van der Waals surface area contributed by atoms with Crippen LogP contribution in [-0.2, 0) is 14.8 Å². The van der Waals surface area contributed by atoms with E-state index in [0.29, 0.717) is 24.5 Å². The molecule has 0 amide bonds. The minimum atomic E-state index is -3.60. The van der Waals surface area contributed by atoms with Gasteiger partial charge in [0.15, 0.2) is 0 Å². The number of nitrogens with one attached hydrogen (secondary N) is 1. The van der Waals surface area contributed by atoms with Crippen molar-refractivity contribution in [3.05, 3.63) is 34.9 Å². The van der Waals surface area contributed by atoms with Crippen LogP contribution in [-0.4, -0.2) is 28.2 Å². The predicted molar refractivity (Wildman–Crippen MR) is 85.9 cm³/mol. The lowest BCUT2D eigenvalue weighted by Crippen LogP contribution is -2.29. The van der Waals surface area contributed by atoms with E-state index in [1.807, 2.05) is 13.8 Å². The van der Waals surface area contributed by atoms with Gasteiger partial charge in [-0.1, -0.05) is 12.2 Å². The van der Waals surface area contributed by atoms with Crippen LogP contribution >= 0.6 is 0 Å². The highest BCUT2D eigenvalue weighted by molar-refractivity contribution is 7.89. The van der Waals surface area contributed by atoms with Crippen molar-refractivity contribution in [2.45, 2.75) is 32.6 Å². The molecule has 0 heterocycles. The number of anilines is 1. The average Bonchev–Trinajstić information content (AvgIpc) is 2.35. The first-order valence-electron chi connectivity index (χ1n) is 6.75. The molecule has 1 aromatic carbocycles. The Bertz CT molecular complexity index is 611. The van der Waals surface area contributed by atoms with Gasteiger partial charge in [0, 0.05) is 12.2 Å². The number of ether oxygens (including phenoxy) is 1. The van der Waals surface area contributed by atoms with Gasteiger partial charge in [0.2, 0.25) is 10.0 Å². The van der Waals surface area contributed by atoms with Gasteiger partial charge >= 0.3 is 0 Å². The first-order valence-corrected chi connectivity index (χ1v) is 8.23. The number of hydrogen-bond acceptors (Lipinski definition) is 4. The fourth-order valence-corrected chi connectivity index (χ4v) is 3.59. The minimum Gasteiger partial charge on any atom is -0.398 e. The van der Waals surface area contributed by atoms with Crippen molar-refractivity contribution in [3.63, 3.8) is 0 Å². The normalized spacial score (nSPS) is 11.6. The molecule has 1 rings (SSSR count). The van der Waals surface area contributed by atoms with Crippen molar-refractivity contribution in [3.8, 4) is 0 Å². The number of hydrogen-bond donors (Lipinski definition) is 2. The first kappa shape index (κ1) is 17.7. The molecule has 1 aromatic rings. The molecule has 118 valence electrons. The molecule has 5 nitrogen and oxygen atoms in total. The van der Waals surface area contributed by atoms with E-state index < -0.39 is 10.0 Å². The number of benzene rings is 1. The molecule has 0 atom stereocenters. The summed E-state index contributed by atoms with van der Waals surface area (Å²) in [6, 6.07) is 1.79. The van der Waals surface area contributed by atoms with E-state index in [9.17, 15) is 8.42 Å². The Morgan fingerprint density at radius 3 is 2.52 bits per heavy atom. The lowest BCUT2D eigenvalue weighted by Gasteiger charge is -2.16. The molecular weight excluding hydrogens is 288 g/mol. The van der Waals surface area contributed by atoms with Crippen LogP contribution in [0.1, 0.15) is 23.6 Å². The summed E-state index contributed by atoms with van der Waals surface area (Å²) in [5.41, 5.74) is 9.41. The van der Waals surface area contributed by atoms with E-state index in [0.717, 1.165) is 16.7 Å². The summed E-state index contributed by atoms with van der Waals surface area (Å²) >= 11 is 0. The Balaban J connectivity index is 2.87. The number of nitrogen functional groups attached to an aromatic ring is 1. The molecular formula is C15H24N2O3S. The molecule has 0 radical (unpaired) electrons. The highest BCUT2D eigenvalue weighted by Crippen LogP contribution is 2.27. The third kappa shape index (κ3) is 4.56. The van der Waals surface area contributed by atoms with Crippen LogP contribution in [0.4, 0.5) is 5.69 Å². The van der Waals surface area contributed by atoms with Gasteiger partial charge in [-0.25, -0.2) is 13.1 Å². The minimum absolute atomic E-state index is 0.211. The van der Waals surface area contributed by atoms with E-state index in [1.54, 1.807) is 19.9 Å². The maximum absolute atomic E-state index is 12.4. The molecule has 0 aromatic heterocycles. The fraction of sp³-hybridized carbons (Fsp3) is 0.467. The van der Waals surface area contributed by atoms with Crippen LogP contribution in [0.15, 0.2) is 23.1 Å². The average molecular weight is 312 g/mol. The first-order chi connectivity index (χ1) is 9.66. The summed E-state index contributed by atoms with van der Waals surface area (Å²) in [7, 11) is -3.60. The largest absolute Gasteiger partial charge is 0.398 e. The lowest BCUT2D eigenvalue weighted by atomic mass is 10.1. The Labute approximate surface area is 127 Å². The maximum atomic E-state index is 12.4. The van der Waals surface area contributed by atoms with Crippen LogP contribution in [0.25, 0.3) is 0 Å². The zero-order chi connectivity index (χ0) is 16.2. The highest BCUT2D eigenvalue weighted by Gasteiger charge is 2.21. The molecule has 0 saturated heterocycles. The molecule has 0 bridgehead atoms. The third-order valence-electron chi connectivity index (χ3n) is 3.23. The van der Waals surface area contributed by atoms with E-state index in [4.69, 9.17) is 10.5 Å². The quantitative estimate of drug-likeness (QED) is 0.459. The topological polar surface area (TPSA) is 81.4 Å². The highest BCUT2D eigenvalue weighted by atomic mass is 32.2. The Hall–Kier alpha value is -1.37. The van der Waals surface area contributed by atoms with Crippen molar-refractivity contribution in [1.82, 2.24) is 4.72 Å². The molecule has 0 aliphatic heterocycles. The number of rotatable bonds is 7. The molecule has 0 aliphatic rings. The fourth-order valence-electron chi connectivity index (χ4n) is 2.01. The number of nitrogens with two attached hydrogens (primary N) is 1. The van der Waals surface area contributed by atoms with Crippen molar-refractivity contribution < 1.29 is 13.2 Å². The Morgan fingerprint density at radius 1 is 1.33 bits per heavy atom. The number of sulfonamides is 1. The van der Waals surface area contributed by atoms with Gasteiger partial charge in [-0.05, 0) is 50.5 Å². The van der Waals surface area contributed by atoms with Crippen LogP contribution in [0.2, 0.25) is 0 Å². The molecule has 6 heteroatoms. The Kier molecular flexibility index (Phi) is 5.95. The van der Waals surface area contributed by atoms with E-state index in [-0.39, 0.29) is 11.4 Å². The zero-order valence-electron chi connectivity index (χ0n) is 13.1. The summed E-state index contributed by atoms with van der Waals surface area (Å²) in [6.07, 6.45) is 0. The van der Waals surface area contributed by atoms with Gasteiger partial charge in [-0.2, -0.15) is 0 Å². The predicted octanol–water partition coefficient (Wildman–Crippen LogP) is 2.07. The van der Waals surface area contributed by atoms with E-state index >= 15 is 0 Å². The number of aryl methyl sites for hydroxylation is 1. The van der Waals surface area contributed by atoms with Crippen molar-refractivity contribution in [2.75, 3.05) is 25.5 Å². The summed E-state index contributed by atoms with van der Waals surface area (Å²) in [6.45, 7) is 11.9. The van der Waals surface area contributed by atoms with Gasteiger partial charge < -0.3 is 10.5 Å². The molecule has 0 aliphatic carbocycles. The van der Waals surface area contributed by atoms with Gasteiger partial charge in [-0.3, -0.25) is 0 Å². The van der Waals surface area contributed by atoms with E-state index in [2.05, 4.69) is 11.3 Å².